The smallest absolute Gasteiger partial charge is 0.254 e. The predicted molar refractivity (Wildman–Crippen MR) is 63.1 cm³/mol. The van der Waals surface area contributed by atoms with Crippen LogP contribution in [0.2, 0.25) is 0 Å². The summed E-state index contributed by atoms with van der Waals surface area (Å²) in [6.07, 6.45) is 0. The molecule has 1 rings (SSSR count). The Kier molecular flexibility index (Phi) is 3.68. The minimum absolute atomic E-state index is 0.106. The molecular weight excluding hydrogens is 205 g/mol. The molecule has 0 atom stereocenters. The number of nitrogens with one attached hydrogen (secondary N) is 1. The van der Waals surface area contributed by atoms with E-state index >= 15 is 0 Å². The first-order valence-corrected chi connectivity index (χ1v) is 5.44. The van der Waals surface area contributed by atoms with E-state index in [1.165, 1.54) is 6.07 Å². The Morgan fingerprint density at radius 3 is 2.44 bits per heavy atom. The van der Waals surface area contributed by atoms with Crippen LogP contribution in [0.1, 0.15) is 43.6 Å². The van der Waals surface area contributed by atoms with E-state index in [1.807, 2.05) is 20.8 Å². The third-order valence-corrected chi connectivity index (χ3v) is 2.42. The summed E-state index contributed by atoms with van der Waals surface area (Å²) in [5, 5.41) is 2.58. The number of benzene rings is 1. The molecule has 88 valence electrons. The molecule has 0 bridgehead atoms. The molecule has 1 aromatic carbocycles. The zero-order valence-corrected chi connectivity index (χ0v) is 10.2. The molecule has 0 spiro atoms. The molecule has 0 fully saturated rings. The van der Waals surface area contributed by atoms with Crippen LogP contribution in [0.5, 0.6) is 0 Å². The molecule has 2 nitrogen and oxygen atoms in total. The van der Waals surface area contributed by atoms with Crippen LogP contribution in [0.25, 0.3) is 0 Å². The molecular formula is C13H18FNO. The average molecular weight is 223 g/mol. The van der Waals surface area contributed by atoms with Crippen LogP contribution in [0, 0.1) is 5.82 Å². The number of carbonyl (C=O) groups excluding carboxylic acids is 1. The van der Waals surface area contributed by atoms with Crippen LogP contribution in [0.3, 0.4) is 0 Å². The standard InChI is InChI=1S/C13H18FNO/c1-5-15-12(16)10-7-6-9(8-11(10)14)13(2,3)4/h6-8H,5H2,1-4H3,(H,15,16). The van der Waals surface area contributed by atoms with E-state index in [4.69, 9.17) is 0 Å². The van der Waals surface area contributed by atoms with Crippen molar-refractivity contribution in [2.45, 2.75) is 33.1 Å². The summed E-state index contributed by atoms with van der Waals surface area (Å²) in [6.45, 7) is 8.33. The molecule has 0 saturated carbocycles. The Hall–Kier alpha value is -1.38. The van der Waals surface area contributed by atoms with Crippen molar-refractivity contribution < 1.29 is 9.18 Å². The number of carbonyl (C=O) groups is 1. The Labute approximate surface area is 95.9 Å². The van der Waals surface area contributed by atoms with E-state index in [-0.39, 0.29) is 16.9 Å². The molecule has 1 aromatic rings. The van der Waals surface area contributed by atoms with Gasteiger partial charge in [-0.05, 0) is 30.0 Å². The number of halogens is 1. The fraction of sp³-hybridized carbons (Fsp3) is 0.462. The normalized spacial score (nSPS) is 11.3. The fourth-order valence-electron chi connectivity index (χ4n) is 1.42. The maximum Gasteiger partial charge on any atom is 0.254 e. The van der Waals surface area contributed by atoms with E-state index < -0.39 is 5.82 Å². The second-order valence-electron chi connectivity index (χ2n) is 4.80. The van der Waals surface area contributed by atoms with Crippen LogP contribution in [0.15, 0.2) is 18.2 Å². The second kappa shape index (κ2) is 4.64. The van der Waals surface area contributed by atoms with Gasteiger partial charge in [0.15, 0.2) is 0 Å². The summed E-state index contributed by atoms with van der Waals surface area (Å²) in [5.41, 5.74) is 0.883. The monoisotopic (exact) mass is 223 g/mol. The first kappa shape index (κ1) is 12.7. The number of amides is 1. The van der Waals surface area contributed by atoms with Gasteiger partial charge in [-0.3, -0.25) is 4.79 Å². The maximum atomic E-state index is 13.7. The van der Waals surface area contributed by atoms with Crippen LogP contribution < -0.4 is 5.32 Å². The largest absolute Gasteiger partial charge is 0.352 e. The summed E-state index contributed by atoms with van der Waals surface area (Å²) in [6, 6.07) is 4.78. The van der Waals surface area contributed by atoms with Crippen molar-refractivity contribution in [3.8, 4) is 0 Å². The molecule has 0 unspecified atom stereocenters. The van der Waals surface area contributed by atoms with Crippen LogP contribution in [0.4, 0.5) is 4.39 Å². The first-order chi connectivity index (χ1) is 7.36. The van der Waals surface area contributed by atoms with E-state index in [2.05, 4.69) is 5.32 Å². The average Bonchev–Trinajstić information content (AvgIpc) is 2.16. The lowest BCUT2D eigenvalue weighted by atomic mass is 9.86. The van der Waals surface area contributed by atoms with Crippen molar-refractivity contribution in [2.24, 2.45) is 0 Å². The second-order valence-corrected chi connectivity index (χ2v) is 4.80. The quantitative estimate of drug-likeness (QED) is 0.820. The topological polar surface area (TPSA) is 29.1 Å². The molecule has 0 radical (unpaired) electrons. The van der Waals surface area contributed by atoms with Gasteiger partial charge in [0.2, 0.25) is 0 Å². The summed E-state index contributed by atoms with van der Waals surface area (Å²) >= 11 is 0. The first-order valence-electron chi connectivity index (χ1n) is 5.44. The van der Waals surface area contributed by atoms with E-state index in [0.717, 1.165) is 5.56 Å². The predicted octanol–water partition coefficient (Wildman–Crippen LogP) is 2.87. The molecule has 1 amide bonds. The third kappa shape index (κ3) is 2.81. The Bertz CT molecular complexity index is 393. The van der Waals surface area contributed by atoms with Gasteiger partial charge < -0.3 is 5.32 Å². The van der Waals surface area contributed by atoms with Crippen LogP contribution >= 0.6 is 0 Å². The summed E-state index contributed by atoms with van der Waals surface area (Å²) in [7, 11) is 0. The third-order valence-electron chi connectivity index (χ3n) is 2.42. The summed E-state index contributed by atoms with van der Waals surface area (Å²) in [5.74, 6) is -0.821. The van der Waals surface area contributed by atoms with Gasteiger partial charge in [0.1, 0.15) is 5.82 Å². The van der Waals surface area contributed by atoms with E-state index in [9.17, 15) is 9.18 Å². The minimum Gasteiger partial charge on any atom is -0.352 e. The SMILES string of the molecule is CCNC(=O)c1ccc(C(C)(C)C)cc1F. The van der Waals surface area contributed by atoms with Gasteiger partial charge in [-0.1, -0.05) is 26.8 Å². The van der Waals surface area contributed by atoms with Crippen LogP contribution in [-0.4, -0.2) is 12.5 Å². The van der Waals surface area contributed by atoms with Crippen molar-refractivity contribution in [1.82, 2.24) is 5.32 Å². The molecule has 0 heterocycles. The highest BCUT2D eigenvalue weighted by molar-refractivity contribution is 5.94. The molecule has 0 saturated heterocycles. The van der Waals surface area contributed by atoms with Gasteiger partial charge in [0.05, 0.1) is 5.56 Å². The highest BCUT2D eigenvalue weighted by Crippen LogP contribution is 2.23. The molecule has 0 aliphatic heterocycles. The highest BCUT2D eigenvalue weighted by atomic mass is 19.1. The molecule has 16 heavy (non-hydrogen) atoms. The summed E-state index contributed by atoms with van der Waals surface area (Å²) < 4.78 is 13.7. The number of hydrogen-bond donors (Lipinski definition) is 1. The van der Waals surface area contributed by atoms with Crippen molar-refractivity contribution >= 4 is 5.91 Å². The maximum absolute atomic E-state index is 13.7. The van der Waals surface area contributed by atoms with Gasteiger partial charge in [0, 0.05) is 6.54 Å². The zero-order valence-electron chi connectivity index (χ0n) is 10.2. The molecule has 1 N–H and O–H groups in total. The summed E-state index contributed by atoms with van der Waals surface area (Å²) in [4.78, 5) is 11.5. The zero-order chi connectivity index (χ0) is 12.3. The van der Waals surface area contributed by atoms with Gasteiger partial charge in [-0.2, -0.15) is 0 Å². The van der Waals surface area contributed by atoms with Crippen LogP contribution in [-0.2, 0) is 5.41 Å². The van der Waals surface area contributed by atoms with Crippen molar-refractivity contribution in [2.75, 3.05) is 6.54 Å². The Morgan fingerprint density at radius 2 is 2.00 bits per heavy atom. The fourth-order valence-corrected chi connectivity index (χ4v) is 1.42. The lowest BCUT2D eigenvalue weighted by molar-refractivity contribution is 0.0951. The minimum atomic E-state index is -0.460. The Morgan fingerprint density at radius 1 is 1.38 bits per heavy atom. The highest BCUT2D eigenvalue weighted by Gasteiger charge is 2.17. The van der Waals surface area contributed by atoms with E-state index in [1.54, 1.807) is 19.1 Å². The lowest BCUT2D eigenvalue weighted by Gasteiger charge is -2.19. The van der Waals surface area contributed by atoms with Crippen molar-refractivity contribution in [3.05, 3.63) is 35.1 Å². The number of hydrogen-bond acceptors (Lipinski definition) is 1. The van der Waals surface area contributed by atoms with Gasteiger partial charge >= 0.3 is 0 Å². The molecule has 0 aromatic heterocycles. The molecule has 0 aliphatic carbocycles. The molecule has 0 aliphatic rings. The number of rotatable bonds is 2. The van der Waals surface area contributed by atoms with Crippen molar-refractivity contribution in [1.29, 1.82) is 0 Å². The lowest BCUT2D eigenvalue weighted by Crippen LogP contribution is -2.24. The van der Waals surface area contributed by atoms with Gasteiger partial charge in [-0.15, -0.1) is 0 Å². The van der Waals surface area contributed by atoms with Gasteiger partial charge in [-0.25, -0.2) is 4.39 Å². The van der Waals surface area contributed by atoms with Crippen molar-refractivity contribution in [3.63, 3.8) is 0 Å². The van der Waals surface area contributed by atoms with E-state index in [0.29, 0.717) is 6.54 Å². The van der Waals surface area contributed by atoms with Gasteiger partial charge in [0.25, 0.3) is 5.91 Å². The molecule has 3 heteroatoms. The Balaban J connectivity index is 3.05.